The number of rotatable bonds is 16. The van der Waals surface area contributed by atoms with Crippen LogP contribution in [0.5, 0.6) is 0 Å². The van der Waals surface area contributed by atoms with E-state index in [1.54, 1.807) is 58.0 Å². The summed E-state index contributed by atoms with van der Waals surface area (Å²) in [7, 11) is 0. The second-order valence-electron chi connectivity index (χ2n) is 17.8. The number of nitrogens with one attached hydrogen (secondary N) is 4. The summed E-state index contributed by atoms with van der Waals surface area (Å²) in [4.78, 5) is 108. The van der Waals surface area contributed by atoms with Crippen molar-refractivity contribution in [3.8, 4) is 11.4 Å². The van der Waals surface area contributed by atoms with Gasteiger partial charge >= 0.3 is 18.2 Å². The van der Waals surface area contributed by atoms with Gasteiger partial charge in [-0.25, -0.2) is 23.8 Å². The van der Waals surface area contributed by atoms with E-state index in [2.05, 4.69) is 21.3 Å². The van der Waals surface area contributed by atoms with Gasteiger partial charge in [0.2, 0.25) is 11.8 Å². The van der Waals surface area contributed by atoms with Crippen LogP contribution in [-0.4, -0.2) is 99.8 Å². The highest BCUT2D eigenvalue weighted by atomic mass is 19.1. The molecule has 2 aromatic carbocycles. The Bertz CT molecular complexity index is 2920. The lowest BCUT2D eigenvalue weighted by Gasteiger charge is -2.31. The minimum Gasteiger partial charge on any atom is -0.458 e. The average Bonchev–Trinajstić information content (AvgIpc) is 3.87. The molecule has 5 N–H and O–H groups in total. The van der Waals surface area contributed by atoms with Gasteiger partial charge in [-0.3, -0.25) is 28.9 Å². The van der Waals surface area contributed by atoms with Crippen LogP contribution in [0.15, 0.2) is 53.3 Å². The number of esters is 1. The molecule has 0 fully saturated rings. The van der Waals surface area contributed by atoms with E-state index >= 15 is 4.39 Å². The zero-order valence-corrected chi connectivity index (χ0v) is 39.1. The quantitative estimate of drug-likeness (QED) is 0.0410. The number of ether oxygens (including phenoxy) is 4. The Balaban J connectivity index is 0.854. The second kappa shape index (κ2) is 19.8. The number of imide groups is 1. The molecule has 4 atom stereocenters. The molecule has 4 aromatic rings. The minimum atomic E-state index is -2.03. The average molecular weight is 966 g/mol. The molecule has 5 heterocycles. The lowest BCUT2D eigenvalue weighted by Crippen LogP contribution is -2.53. The molecular weight excluding hydrogens is 914 g/mol. The van der Waals surface area contributed by atoms with Gasteiger partial charge in [-0.05, 0) is 79.5 Å². The Labute approximate surface area is 399 Å². The summed E-state index contributed by atoms with van der Waals surface area (Å²) in [6.07, 6.45) is 1.49. The molecule has 0 bridgehead atoms. The number of aromatic nitrogens is 2. The first-order valence-electron chi connectivity index (χ1n) is 22.9. The van der Waals surface area contributed by atoms with Crippen LogP contribution < -0.4 is 26.8 Å². The maximum atomic E-state index is 15.4. The van der Waals surface area contributed by atoms with Crippen LogP contribution in [-0.2, 0) is 74.7 Å². The van der Waals surface area contributed by atoms with Crippen LogP contribution in [0, 0.1) is 18.7 Å². The van der Waals surface area contributed by atoms with Gasteiger partial charge in [-0.1, -0.05) is 32.9 Å². The number of hydrogen-bond donors (Lipinski definition) is 5. The zero-order chi connectivity index (χ0) is 50.2. The van der Waals surface area contributed by atoms with Crippen molar-refractivity contribution in [1.29, 1.82) is 0 Å². The fourth-order valence-corrected chi connectivity index (χ4v) is 9.14. The summed E-state index contributed by atoms with van der Waals surface area (Å²) < 4.78 is 38.2. The Kier molecular flexibility index (Phi) is 13.9. The summed E-state index contributed by atoms with van der Waals surface area (Å²) in [5, 5.41) is 22.8. The van der Waals surface area contributed by atoms with E-state index in [1.165, 1.54) is 29.7 Å². The molecule has 21 heteroatoms. The first kappa shape index (κ1) is 48.9. The van der Waals surface area contributed by atoms with Crippen molar-refractivity contribution in [2.24, 2.45) is 5.92 Å². The molecule has 0 unspecified atom stereocenters. The molecule has 4 aliphatic rings. The Morgan fingerprint density at radius 1 is 0.929 bits per heavy atom. The van der Waals surface area contributed by atoms with E-state index in [9.17, 15) is 43.5 Å². The van der Waals surface area contributed by atoms with E-state index in [-0.39, 0.29) is 69.6 Å². The molecule has 3 aliphatic heterocycles. The highest BCUT2D eigenvalue weighted by Gasteiger charge is 2.46. The molecule has 8 rings (SSSR count). The Morgan fingerprint density at radius 2 is 1.66 bits per heavy atom. The van der Waals surface area contributed by atoms with Gasteiger partial charge in [0.05, 0.1) is 54.8 Å². The van der Waals surface area contributed by atoms with E-state index in [4.69, 9.17) is 23.9 Å². The van der Waals surface area contributed by atoms with Crippen molar-refractivity contribution >= 4 is 58.4 Å². The number of amides is 6. The van der Waals surface area contributed by atoms with Gasteiger partial charge in [0.1, 0.15) is 37.7 Å². The maximum absolute atomic E-state index is 15.4. The fraction of sp³-hybridized carbons (Fsp3) is 0.408. The molecule has 1 aliphatic carbocycles. The molecule has 0 spiro atoms. The van der Waals surface area contributed by atoms with Crippen LogP contribution in [0.2, 0.25) is 0 Å². The third kappa shape index (κ3) is 9.45. The second-order valence-corrected chi connectivity index (χ2v) is 17.8. The normalized spacial score (nSPS) is 18.4. The fourth-order valence-electron chi connectivity index (χ4n) is 9.14. The van der Waals surface area contributed by atoms with E-state index < -0.39 is 76.9 Å². The highest BCUT2D eigenvalue weighted by molar-refractivity contribution is 6.12. The summed E-state index contributed by atoms with van der Waals surface area (Å²) in [5.41, 5.74) is 2.37. The lowest BCUT2D eigenvalue weighted by molar-refractivity contribution is -0.172. The standard InChI is InChI=1S/C49H52FN7O13/c1-6-49(66)32-19-36-42-30(21-57(36)45(62)31(32)23-69-46(49)63)40-34(12-11-29-25(4)33(50)20-35(53-42)39(29)40)54-47(64)70-22-27-7-9-28(10-8-27)52-43(60)26(5)51-44(61)41(24(2)3)55-48(65)68-18-17-67-16-15-56-37(58)13-14-38(56)59/h7-10,13-14,19-20,24,26,34,41,66H,6,11-12,15-18,21-23H2,1-5H3,(H,51,61)(H,52,60)(H,54,64)(H,55,65)/t26-,34-,41-,49-/m0/s1. The smallest absolute Gasteiger partial charge is 0.407 e. The molecule has 0 radical (unpaired) electrons. The summed E-state index contributed by atoms with van der Waals surface area (Å²) >= 11 is 0. The number of aryl methyl sites for hydroxylation is 1. The van der Waals surface area contributed by atoms with Gasteiger partial charge in [-0.15, -0.1) is 0 Å². The number of nitrogens with zero attached hydrogens (tertiary/aromatic N) is 3. The zero-order valence-electron chi connectivity index (χ0n) is 39.1. The van der Waals surface area contributed by atoms with Gasteiger partial charge in [0.15, 0.2) is 5.60 Å². The first-order chi connectivity index (χ1) is 33.4. The predicted molar refractivity (Wildman–Crippen MR) is 246 cm³/mol. The largest absolute Gasteiger partial charge is 0.458 e. The number of aliphatic hydroxyl groups is 1. The Hall–Kier alpha value is -7.52. The van der Waals surface area contributed by atoms with Gasteiger partial charge in [0.25, 0.3) is 17.4 Å². The van der Waals surface area contributed by atoms with E-state index in [0.717, 1.165) is 10.5 Å². The number of fused-ring (bicyclic) bond motifs is 5. The number of carbonyl (C=O) groups is 7. The number of carbonyl (C=O) groups excluding carboxylic acids is 7. The van der Waals surface area contributed by atoms with Crippen molar-refractivity contribution in [3.63, 3.8) is 0 Å². The summed E-state index contributed by atoms with van der Waals surface area (Å²) in [6, 6.07) is 6.72. The first-order valence-corrected chi connectivity index (χ1v) is 22.9. The van der Waals surface area contributed by atoms with Gasteiger partial charge in [0, 0.05) is 40.4 Å². The number of alkyl carbamates (subject to hydrolysis) is 2. The summed E-state index contributed by atoms with van der Waals surface area (Å²) in [5.74, 6) is -3.71. The monoisotopic (exact) mass is 965 g/mol. The van der Waals surface area contributed by atoms with Crippen molar-refractivity contribution in [3.05, 3.63) is 104 Å². The van der Waals surface area contributed by atoms with Crippen molar-refractivity contribution in [2.75, 3.05) is 31.7 Å². The molecule has 70 heavy (non-hydrogen) atoms. The van der Waals surface area contributed by atoms with E-state index in [0.29, 0.717) is 63.1 Å². The molecule has 2 aromatic heterocycles. The van der Waals surface area contributed by atoms with Crippen molar-refractivity contribution in [1.82, 2.24) is 30.4 Å². The molecule has 0 saturated heterocycles. The Morgan fingerprint density at radius 3 is 2.36 bits per heavy atom. The van der Waals surface area contributed by atoms with Crippen LogP contribution in [0.4, 0.5) is 19.7 Å². The summed E-state index contributed by atoms with van der Waals surface area (Å²) in [6.45, 7) is 7.74. The van der Waals surface area contributed by atoms with Crippen molar-refractivity contribution in [2.45, 2.75) is 97.4 Å². The van der Waals surface area contributed by atoms with Crippen LogP contribution >= 0.6 is 0 Å². The molecule has 368 valence electrons. The molecule has 6 amide bonds. The number of cyclic esters (lactones) is 1. The topological polar surface area (TPSA) is 263 Å². The third-order valence-corrected chi connectivity index (χ3v) is 13.1. The van der Waals surface area contributed by atoms with E-state index in [1.807, 2.05) is 0 Å². The highest BCUT2D eigenvalue weighted by Crippen LogP contribution is 2.46. The molecule has 20 nitrogen and oxygen atoms in total. The van der Waals surface area contributed by atoms with Gasteiger partial charge in [-0.2, -0.15) is 0 Å². The number of pyridine rings is 2. The van der Waals surface area contributed by atoms with Gasteiger partial charge < -0.3 is 49.9 Å². The molecular formula is C49H52FN7O13. The number of hydrogen-bond acceptors (Lipinski definition) is 14. The maximum Gasteiger partial charge on any atom is 0.407 e. The number of benzene rings is 2. The van der Waals surface area contributed by atoms with Crippen molar-refractivity contribution < 1.29 is 62.0 Å². The van der Waals surface area contributed by atoms with Crippen LogP contribution in [0.3, 0.4) is 0 Å². The van der Waals surface area contributed by atoms with Crippen LogP contribution in [0.1, 0.15) is 85.5 Å². The number of anilines is 1. The lowest BCUT2D eigenvalue weighted by atomic mass is 9.81. The molecule has 0 saturated carbocycles. The minimum absolute atomic E-state index is 0.0182. The van der Waals surface area contributed by atoms with Crippen LogP contribution in [0.25, 0.3) is 22.3 Å². The third-order valence-electron chi connectivity index (χ3n) is 13.1. The SMILES string of the molecule is CC[C@@]1(O)C(=O)OCc2c1cc1n(c2=O)Cc2c-1nc1cc(F)c(C)c3c1c2[C@@H](NC(=O)OCc1ccc(NC(=O)[C@H](C)NC(=O)[C@@H](NC(=O)OCCOCCN2C(=O)C=CC2=O)C(C)C)cc1)CC3. The predicted octanol–water partition coefficient (Wildman–Crippen LogP) is 3.58. The number of halogens is 1.